The van der Waals surface area contributed by atoms with Crippen LogP contribution in [0.4, 0.5) is 16.2 Å². The van der Waals surface area contributed by atoms with Crippen molar-refractivity contribution >= 4 is 35.3 Å². The van der Waals surface area contributed by atoms with Crippen molar-refractivity contribution in [1.82, 2.24) is 15.5 Å². The molecule has 1 heterocycles. The van der Waals surface area contributed by atoms with Gasteiger partial charge in [0, 0.05) is 26.6 Å². The first-order chi connectivity index (χ1) is 23.8. The van der Waals surface area contributed by atoms with Crippen LogP contribution in [0.25, 0.3) is 0 Å². The van der Waals surface area contributed by atoms with E-state index in [9.17, 15) is 19.2 Å². The predicted molar refractivity (Wildman–Crippen MR) is 191 cm³/mol. The number of amides is 3. The Morgan fingerprint density at radius 3 is 2.30 bits per heavy atom. The van der Waals surface area contributed by atoms with E-state index in [1.165, 1.54) is 4.90 Å². The van der Waals surface area contributed by atoms with E-state index in [2.05, 4.69) is 16.0 Å². The van der Waals surface area contributed by atoms with Crippen molar-refractivity contribution in [3.63, 3.8) is 0 Å². The number of alkyl carbamates (subject to hydrolysis) is 1. The average Bonchev–Trinajstić information content (AvgIpc) is 3.51. The molecule has 3 aromatic carbocycles. The van der Waals surface area contributed by atoms with Crippen LogP contribution >= 0.6 is 0 Å². The van der Waals surface area contributed by atoms with Gasteiger partial charge in [0.1, 0.15) is 30.0 Å². The van der Waals surface area contributed by atoms with Crippen molar-refractivity contribution in [3.05, 3.63) is 89.5 Å². The molecule has 1 aliphatic rings. The van der Waals surface area contributed by atoms with E-state index in [0.29, 0.717) is 18.5 Å². The summed E-state index contributed by atoms with van der Waals surface area (Å²) in [5.74, 6) is -0.645. The molecule has 0 aromatic heterocycles. The van der Waals surface area contributed by atoms with Crippen LogP contribution in [-0.2, 0) is 43.4 Å². The van der Waals surface area contributed by atoms with Gasteiger partial charge in [0.05, 0.1) is 18.5 Å². The standard InChI is InChI=1S/C38H49N5O7/c1-38(2,3)50-37(47)42-32(17-18-34(44)49-24-26-9-7-6-8-10-26)36(46)43-23-28(19-25-11-14-29(48-5)15-12-25)21-33(43)35(45)41-22-27-13-16-31(40-4)30(39)20-27/h6-16,20,28,32-33,40H,17-19,21-24,39H2,1-5H3,(H,41,45)(H,42,47)/t28-,32-,33+/m1/s1. The zero-order valence-electron chi connectivity index (χ0n) is 29.5. The Labute approximate surface area is 294 Å². The van der Waals surface area contributed by atoms with Gasteiger partial charge in [-0.2, -0.15) is 0 Å². The molecule has 12 nitrogen and oxygen atoms in total. The third-order valence-corrected chi connectivity index (χ3v) is 8.38. The molecule has 1 aliphatic heterocycles. The molecule has 4 rings (SSSR count). The molecule has 3 atom stereocenters. The third-order valence-electron chi connectivity index (χ3n) is 8.38. The zero-order chi connectivity index (χ0) is 36.3. The molecular weight excluding hydrogens is 638 g/mol. The zero-order valence-corrected chi connectivity index (χ0v) is 29.5. The van der Waals surface area contributed by atoms with Crippen molar-refractivity contribution in [1.29, 1.82) is 0 Å². The minimum atomic E-state index is -1.14. The number of carbonyl (C=O) groups excluding carboxylic acids is 4. The van der Waals surface area contributed by atoms with Gasteiger partial charge >= 0.3 is 12.1 Å². The highest BCUT2D eigenvalue weighted by molar-refractivity contribution is 5.92. The minimum Gasteiger partial charge on any atom is -0.497 e. The highest BCUT2D eigenvalue weighted by Crippen LogP contribution is 2.29. The molecule has 0 bridgehead atoms. The van der Waals surface area contributed by atoms with Gasteiger partial charge in [-0.05, 0) is 86.9 Å². The fraction of sp³-hybridized carbons (Fsp3) is 0.421. The Morgan fingerprint density at radius 2 is 1.66 bits per heavy atom. The molecule has 5 N–H and O–H groups in total. The highest BCUT2D eigenvalue weighted by Gasteiger charge is 2.42. The fourth-order valence-corrected chi connectivity index (χ4v) is 5.89. The predicted octanol–water partition coefficient (Wildman–Crippen LogP) is 4.81. The number of nitrogens with zero attached hydrogens (tertiary/aromatic N) is 1. The third kappa shape index (κ3) is 11.1. The normalized spacial score (nSPS) is 16.2. The van der Waals surface area contributed by atoms with Crippen LogP contribution in [-0.4, -0.2) is 67.2 Å². The molecule has 12 heteroatoms. The number of nitrogen functional groups attached to an aromatic ring is 1. The van der Waals surface area contributed by atoms with Crippen LogP contribution in [0.1, 0.15) is 56.7 Å². The molecule has 1 saturated heterocycles. The number of carbonyl (C=O) groups is 4. The number of rotatable bonds is 14. The highest BCUT2D eigenvalue weighted by atomic mass is 16.6. The van der Waals surface area contributed by atoms with E-state index in [4.69, 9.17) is 19.9 Å². The lowest BCUT2D eigenvalue weighted by atomic mass is 9.96. The fourth-order valence-electron chi connectivity index (χ4n) is 5.89. The molecule has 0 saturated carbocycles. The summed E-state index contributed by atoms with van der Waals surface area (Å²) in [7, 11) is 3.38. The summed E-state index contributed by atoms with van der Waals surface area (Å²) in [6.45, 7) is 5.72. The van der Waals surface area contributed by atoms with E-state index in [-0.39, 0.29) is 44.4 Å². The topological polar surface area (TPSA) is 161 Å². The minimum absolute atomic E-state index is 0.0449. The molecule has 50 heavy (non-hydrogen) atoms. The summed E-state index contributed by atoms with van der Waals surface area (Å²) in [5.41, 5.74) is 9.31. The maximum Gasteiger partial charge on any atom is 0.408 e. The Hall–Kier alpha value is -5.26. The van der Waals surface area contributed by atoms with Gasteiger partial charge in [-0.25, -0.2) is 4.79 Å². The van der Waals surface area contributed by atoms with Crippen LogP contribution in [0.2, 0.25) is 0 Å². The Balaban J connectivity index is 1.52. The molecule has 0 unspecified atom stereocenters. The summed E-state index contributed by atoms with van der Waals surface area (Å²) in [4.78, 5) is 55.3. The van der Waals surface area contributed by atoms with Crippen LogP contribution in [0.3, 0.4) is 0 Å². The lowest BCUT2D eigenvalue weighted by Gasteiger charge is -2.29. The molecule has 0 spiro atoms. The van der Waals surface area contributed by atoms with Crippen LogP contribution in [0.15, 0.2) is 72.8 Å². The second kappa shape index (κ2) is 17.4. The maximum atomic E-state index is 14.3. The van der Waals surface area contributed by atoms with Gasteiger partial charge < -0.3 is 40.8 Å². The number of likely N-dealkylation sites (tertiary alicyclic amines) is 1. The number of anilines is 2. The largest absolute Gasteiger partial charge is 0.497 e. The van der Waals surface area contributed by atoms with E-state index in [0.717, 1.165) is 28.1 Å². The van der Waals surface area contributed by atoms with E-state index in [1.807, 2.05) is 66.7 Å². The summed E-state index contributed by atoms with van der Waals surface area (Å²) >= 11 is 0. The summed E-state index contributed by atoms with van der Waals surface area (Å²) < 4.78 is 16.2. The monoisotopic (exact) mass is 687 g/mol. The number of nitrogens with one attached hydrogen (secondary N) is 3. The van der Waals surface area contributed by atoms with Crippen molar-refractivity contribution < 1.29 is 33.4 Å². The van der Waals surface area contributed by atoms with Crippen LogP contribution in [0, 0.1) is 5.92 Å². The van der Waals surface area contributed by atoms with Gasteiger partial charge in [0.2, 0.25) is 11.8 Å². The SMILES string of the molecule is CNc1ccc(CNC(=O)[C@@H]2C[C@@H](Cc3ccc(OC)cc3)CN2C(=O)[C@@H](CCC(=O)OCc2ccccc2)NC(=O)OC(C)(C)C)cc1N. The van der Waals surface area contributed by atoms with Crippen LogP contribution in [0.5, 0.6) is 5.75 Å². The van der Waals surface area contributed by atoms with Crippen molar-refractivity contribution in [3.8, 4) is 5.75 Å². The maximum absolute atomic E-state index is 14.3. The molecule has 0 radical (unpaired) electrons. The quantitative estimate of drug-likeness (QED) is 0.138. The Kier molecular flexibility index (Phi) is 13.1. The van der Waals surface area contributed by atoms with Gasteiger partial charge in [-0.3, -0.25) is 14.4 Å². The number of methoxy groups -OCH3 is 1. The van der Waals surface area contributed by atoms with Crippen LogP contribution < -0.4 is 26.4 Å². The van der Waals surface area contributed by atoms with Crippen molar-refractivity contribution in [2.24, 2.45) is 5.92 Å². The van der Waals surface area contributed by atoms with Gasteiger partial charge in [-0.1, -0.05) is 48.5 Å². The lowest BCUT2D eigenvalue weighted by molar-refractivity contribution is -0.146. The number of hydrogen-bond acceptors (Lipinski definition) is 9. The van der Waals surface area contributed by atoms with E-state index >= 15 is 0 Å². The summed E-state index contributed by atoms with van der Waals surface area (Å²) in [6, 6.07) is 20.5. The van der Waals surface area contributed by atoms with Gasteiger partial charge in [0.25, 0.3) is 0 Å². The van der Waals surface area contributed by atoms with Crippen molar-refractivity contribution in [2.45, 2.75) is 77.3 Å². The second-order valence-corrected chi connectivity index (χ2v) is 13.4. The lowest BCUT2D eigenvalue weighted by Crippen LogP contribution is -2.54. The first-order valence-corrected chi connectivity index (χ1v) is 16.8. The molecule has 1 fully saturated rings. The number of hydrogen-bond donors (Lipinski definition) is 4. The summed E-state index contributed by atoms with van der Waals surface area (Å²) in [6.07, 6.45) is 0.0454. The number of ether oxygens (including phenoxy) is 3. The smallest absolute Gasteiger partial charge is 0.408 e. The first-order valence-electron chi connectivity index (χ1n) is 16.8. The second-order valence-electron chi connectivity index (χ2n) is 13.4. The average molecular weight is 688 g/mol. The van der Waals surface area contributed by atoms with E-state index in [1.54, 1.807) is 41.0 Å². The molecule has 3 aromatic rings. The molecule has 0 aliphatic carbocycles. The Morgan fingerprint density at radius 1 is 0.960 bits per heavy atom. The number of benzene rings is 3. The van der Waals surface area contributed by atoms with E-state index < -0.39 is 35.7 Å². The van der Waals surface area contributed by atoms with Crippen molar-refractivity contribution in [2.75, 3.05) is 31.8 Å². The number of esters is 1. The number of nitrogens with two attached hydrogens (primary N) is 1. The van der Waals surface area contributed by atoms with Gasteiger partial charge in [0.15, 0.2) is 0 Å². The molecule has 3 amide bonds. The first kappa shape index (κ1) is 37.6. The molecule has 268 valence electrons. The molecular formula is C38H49N5O7. The Bertz CT molecular complexity index is 1610. The summed E-state index contributed by atoms with van der Waals surface area (Å²) in [5, 5.41) is 8.66. The van der Waals surface area contributed by atoms with Gasteiger partial charge in [-0.15, -0.1) is 0 Å².